The van der Waals surface area contributed by atoms with Crippen molar-refractivity contribution in [2.24, 2.45) is 23.7 Å². The van der Waals surface area contributed by atoms with Crippen molar-refractivity contribution in [3.05, 3.63) is 157 Å². The Morgan fingerprint density at radius 1 is 0.354 bits per heavy atom. The first-order chi connectivity index (χ1) is 23.8. The number of hydrogen-bond acceptors (Lipinski definition) is 0. The fourth-order valence-corrected chi connectivity index (χ4v) is 11.5. The molecular formula is C48H38. The molecule has 4 saturated carbocycles. The molecule has 0 amide bonds. The third-order valence-corrected chi connectivity index (χ3v) is 13.0. The van der Waals surface area contributed by atoms with Gasteiger partial charge in [0.25, 0.3) is 0 Å². The molecule has 4 bridgehead atoms. The van der Waals surface area contributed by atoms with Gasteiger partial charge in [-0.2, -0.15) is 0 Å². The summed E-state index contributed by atoms with van der Waals surface area (Å²) in [6, 6.07) is 55.3. The maximum Gasteiger partial charge on any atom is 0.0272 e. The first-order valence-electron chi connectivity index (χ1n) is 18.1. The highest BCUT2D eigenvalue weighted by molar-refractivity contribution is 6.21. The lowest BCUT2D eigenvalue weighted by atomic mass is 9.43. The Bertz CT molecular complexity index is 2330. The SMILES string of the molecule is c1ccc(-c2cccc(-c3c4ccccc4c(-c4ccc5c(c4)C4(c6ccccc6-5)C5CC6CC(C5)CC4C6)c4ccccc34)c2)cc1. The van der Waals surface area contributed by atoms with Gasteiger partial charge in [0.15, 0.2) is 0 Å². The minimum atomic E-state index is 0.165. The Kier molecular flexibility index (Phi) is 5.66. The maximum atomic E-state index is 2.67. The highest BCUT2D eigenvalue weighted by Gasteiger charge is 2.61. The summed E-state index contributed by atoms with van der Waals surface area (Å²) in [7, 11) is 0. The van der Waals surface area contributed by atoms with Crippen LogP contribution in [0.1, 0.15) is 43.2 Å². The number of hydrogen-bond donors (Lipinski definition) is 0. The van der Waals surface area contributed by atoms with E-state index in [1.807, 2.05) is 0 Å². The van der Waals surface area contributed by atoms with Gasteiger partial charge in [-0.15, -0.1) is 0 Å². The molecule has 48 heavy (non-hydrogen) atoms. The van der Waals surface area contributed by atoms with E-state index in [1.165, 1.54) is 98.2 Å². The van der Waals surface area contributed by atoms with Gasteiger partial charge in [-0.05, 0) is 145 Å². The Morgan fingerprint density at radius 3 is 1.50 bits per heavy atom. The molecule has 5 aliphatic rings. The fourth-order valence-electron chi connectivity index (χ4n) is 11.5. The van der Waals surface area contributed by atoms with Crippen LogP contribution in [-0.4, -0.2) is 0 Å². The largest absolute Gasteiger partial charge is 0.0622 e. The highest BCUT2D eigenvalue weighted by Crippen LogP contribution is 2.69. The van der Waals surface area contributed by atoms with Gasteiger partial charge in [0.1, 0.15) is 0 Å². The molecule has 12 rings (SSSR count). The van der Waals surface area contributed by atoms with Crippen LogP contribution in [0.15, 0.2) is 146 Å². The topological polar surface area (TPSA) is 0 Å². The van der Waals surface area contributed by atoms with Crippen LogP contribution >= 0.6 is 0 Å². The molecule has 0 radical (unpaired) electrons. The second-order valence-electron chi connectivity index (χ2n) is 15.3. The quantitative estimate of drug-likeness (QED) is 0.174. The molecule has 230 valence electrons. The van der Waals surface area contributed by atoms with Crippen LogP contribution in [0, 0.1) is 23.7 Å². The molecule has 7 aromatic rings. The van der Waals surface area contributed by atoms with E-state index in [0.29, 0.717) is 0 Å². The zero-order chi connectivity index (χ0) is 31.4. The Labute approximate surface area is 283 Å². The van der Waals surface area contributed by atoms with E-state index in [1.54, 1.807) is 11.1 Å². The summed E-state index contributed by atoms with van der Waals surface area (Å²) in [6.45, 7) is 0. The van der Waals surface area contributed by atoms with E-state index < -0.39 is 0 Å². The fraction of sp³-hybridized carbons (Fsp3) is 0.208. The number of rotatable bonds is 3. The van der Waals surface area contributed by atoms with Crippen molar-refractivity contribution >= 4 is 21.5 Å². The monoisotopic (exact) mass is 614 g/mol. The lowest BCUT2D eigenvalue weighted by Gasteiger charge is -2.61. The van der Waals surface area contributed by atoms with Gasteiger partial charge < -0.3 is 0 Å². The molecule has 5 aliphatic carbocycles. The molecule has 0 N–H and O–H groups in total. The molecule has 4 fully saturated rings. The minimum absolute atomic E-state index is 0.165. The van der Waals surface area contributed by atoms with Crippen molar-refractivity contribution in [1.29, 1.82) is 0 Å². The molecule has 0 nitrogen and oxygen atoms in total. The summed E-state index contributed by atoms with van der Waals surface area (Å²) in [5, 5.41) is 5.32. The molecule has 0 saturated heterocycles. The van der Waals surface area contributed by atoms with Crippen LogP contribution in [0.2, 0.25) is 0 Å². The van der Waals surface area contributed by atoms with Crippen molar-refractivity contribution < 1.29 is 0 Å². The van der Waals surface area contributed by atoms with Crippen molar-refractivity contribution in [2.75, 3.05) is 0 Å². The lowest BCUT2D eigenvalue weighted by Crippen LogP contribution is -2.55. The number of fused-ring (bicyclic) bond motifs is 5. The van der Waals surface area contributed by atoms with Gasteiger partial charge in [-0.25, -0.2) is 0 Å². The average molecular weight is 615 g/mol. The first-order valence-corrected chi connectivity index (χ1v) is 18.1. The van der Waals surface area contributed by atoms with Gasteiger partial charge in [0.05, 0.1) is 0 Å². The molecular weight excluding hydrogens is 577 g/mol. The first kappa shape index (κ1) is 27.1. The lowest BCUT2D eigenvalue weighted by molar-refractivity contribution is -0.0399. The summed E-state index contributed by atoms with van der Waals surface area (Å²) in [5.74, 6) is 3.41. The smallest absolute Gasteiger partial charge is 0.0272 e. The molecule has 0 unspecified atom stereocenters. The van der Waals surface area contributed by atoms with Crippen molar-refractivity contribution in [1.82, 2.24) is 0 Å². The van der Waals surface area contributed by atoms with E-state index in [4.69, 9.17) is 0 Å². The normalized spacial score (nSPS) is 24.8. The standard InChI is InChI=1S/C48H38/c1-2-11-32(12-3-1)33-13-10-14-34(28-33)46-40-16-4-6-18-42(40)47(43-19-7-5-17-41(43)46)35-21-22-39-38-15-8-9-20-44(38)48(45(39)29-35)36-24-30-23-31(26-36)27-37(48)25-30/h1-22,28-31,36-37H,23-27H2. The van der Waals surface area contributed by atoms with Crippen LogP contribution in [0.25, 0.3) is 66.1 Å². The predicted octanol–water partition coefficient (Wildman–Crippen LogP) is 12.7. The Morgan fingerprint density at radius 2 is 0.854 bits per heavy atom. The maximum absolute atomic E-state index is 2.67. The van der Waals surface area contributed by atoms with Crippen LogP contribution in [0.3, 0.4) is 0 Å². The van der Waals surface area contributed by atoms with Crippen molar-refractivity contribution in [2.45, 2.75) is 37.5 Å². The van der Waals surface area contributed by atoms with Gasteiger partial charge in [-0.3, -0.25) is 0 Å². The van der Waals surface area contributed by atoms with E-state index >= 15 is 0 Å². The second-order valence-corrected chi connectivity index (χ2v) is 15.3. The third-order valence-electron chi connectivity index (χ3n) is 13.0. The molecule has 0 heteroatoms. The summed E-state index contributed by atoms with van der Waals surface area (Å²) in [6.07, 6.45) is 7.12. The van der Waals surface area contributed by atoms with E-state index in [9.17, 15) is 0 Å². The predicted molar refractivity (Wildman–Crippen MR) is 201 cm³/mol. The van der Waals surface area contributed by atoms with Gasteiger partial charge in [0, 0.05) is 5.41 Å². The summed E-state index contributed by atoms with van der Waals surface area (Å²) in [5.41, 5.74) is 14.3. The van der Waals surface area contributed by atoms with Crippen molar-refractivity contribution in [3.63, 3.8) is 0 Å². The zero-order valence-electron chi connectivity index (χ0n) is 27.2. The summed E-state index contributed by atoms with van der Waals surface area (Å²) >= 11 is 0. The van der Waals surface area contributed by atoms with E-state index in [2.05, 4.69) is 146 Å². The van der Waals surface area contributed by atoms with Crippen LogP contribution in [0.4, 0.5) is 0 Å². The van der Waals surface area contributed by atoms with Gasteiger partial charge in [-0.1, -0.05) is 133 Å². The van der Waals surface area contributed by atoms with E-state index in [-0.39, 0.29) is 5.41 Å². The molecule has 0 aromatic heterocycles. The van der Waals surface area contributed by atoms with Crippen LogP contribution < -0.4 is 0 Å². The second kappa shape index (κ2) is 10.0. The molecule has 0 aliphatic heterocycles. The Balaban J connectivity index is 1.16. The van der Waals surface area contributed by atoms with E-state index in [0.717, 1.165) is 23.7 Å². The third kappa shape index (κ3) is 3.61. The zero-order valence-corrected chi connectivity index (χ0v) is 27.2. The summed E-state index contributed by atoms with van der Waals surface area (Å²) < 4.78 is 0. The molecule has 0 atom stereocenters. The molecule has 0 heterocycles. The minimum Gasteiger partial charge on any atom is -0.0622 e. The molecule has 7 aromatic carbocycles. The number of benzene rings is 7. The van der Waals surface area contributed by atoms with Gasteiger partial charge >= 0.3 is 0 Å². The highest BCUT2D eigenvalue weighted by atomic mass is 14.6. The summed E-state index contributed by atoms with van der Waals surface area (Å²) in [4.78, 5) is 0. The van der Waals surface area contributed by atoms with Crippen LogP contribution in [-0.2, 0) is 5.41 Å². The average Bonchev–Trinajstić information content (AvgIpc) is 3.43. The van der Waals surface area contributed by atoms with Crippen LogP contribution in [0.5, 0.6) is 0 Å². The van der Waals surface area contributed by atoms with Crippen molar-refractivity contribution in [3.8, 4) is 44.5 Å². The van der Waals surface area contributed by atoms with Gasteiger partial charge in [0.2, 0.25) is 0 Å². The Hall–Kier alpha value is -4.94. The molecule has 1 spiro atoms.